The summed E-state index contributed by atoms with van der Waals surface area (Å²) in [4.78, 5) is 12.8. The lowest BCUT2D eigenvalue weighted by atomic mass is 10.2. The summed E-state index contributed by atoms with van der Waals surface area (Å²) < 4.78 is 7.92. The van der Waals surface area contributed by atoms with Gasteiger partial charge in [0.25, 0.3) is 5.91 Å². The summed E-state index contributed by atoms with van der Waals surface area (Å²) in [6.45, 7) is 1.86. The number of rotatable bonds is 5. The molecule has 1 saturated heterocycles. The SMILES string of the molecule is Nc1c(C(=O)NC[C@H]2CCCO2)sc(=S)n1Cc1ccccc1. The molecule has 1 atom stereocenters. The topological polar surface area (TPSA) is 69.3 Å². The Bertz CT molecular complexity index is 734. The van der Waals surface area contributed by atoms with E-state index in [2.05, 4.69) is 5.32 Å². The summed E-state index contributed by atoms with van der Waals surface area (Å²) in [5.74, 6) is 0.245. The molecule has 0 aliphatic carbocycles. The molecule has 1 aliphatic rings. The highest BCUT2D eigenvalue weighted by Crippen LogP contribution is 2.23. The van der Waals surface area contributed by atoms with Crippen LogP contribution in [0, 0.1) is 3.95 Å². The molecule has 2 heterocycles. The van der Waals surface area contributed by atoms with Crippen LogP contribution < -0.4 is 11.1 Å². The van der Waals surface area contributed by atoms with Crippen LogP contribution in [0.15, 0.2) is 30.3 Å². The lowest BCUT2D eigenvalue weighted by Crippen LogP contribution is -2.31. The highest BCUT2D eigenvalue weighted by molar-refractivity contribution is 7.73. The van der Waals surface area contributed by atoms with Gasteiger partial charge in [-0.05, 0) is 30.6 Å². The van der Waals surface area contributed by atoms with E-state index in [1.54, 1.807) is 4.57 Å². The second-order valence-corrected chi connectivity index (χ2v) is 7.14. The maximum atomic E-state index is 12.3. The first-order valence-electron chi connectivity index (χ1n) is 7.58. The summed E-state index contributed by atoms with van der Waals surface area (Å²) in [5, 5.41) is 2.89. The molecule has 23 heavy (non-hydrogen) atoms. The Morgan fingerprint density at radius 1 is 1.43 bits per heavy atom. The van der Waals surface area contributed by atoms with Crippen molar-refractivity contribution in [1.82, 2.24) is 9.88 Å². The van der Waals surface area contributed by atoms with Crippen molar-refractivity contribution >= 4 is 35.3 Å². The summed E-state index contributed by atoms with van der Waals surface area (Å²) >= 11 is 6.62. The van der Waals surface area contributed by atoms with Crippen LogP contribution in [-0.4, -0.2) is 29.7 Å². The number of hydrogen-bond donors (Lipinski definition) is 2. The lowest BCUT2D eigenvalue weighted by molar-refractivity contribution is 0.0861. The van der Waals surface area contributed by atoms with Crippen molar-refractivity contribution < 1.29 is 9.53 Å². The zero-order valence-electron chi connectivity index (χ0n) is 12.7. The fourth-order valence-corrected chi connectivity index (χ4v) is 3.83. The average molecular weight is 349 g/mol. The normalized spacial score (nSPS) is 17.3. The molecule has 1 amide bonds. The number of nitrogen functional groups attached to an aromatic ring is 1. The van der Waals surface area contributed by atoms with Crippen molar-refractivity contribution in [2.45, 2.75) is 25.5 Å². The number of aromatic nitrogens is 1. The lowest BCUT2D eigenvalue weighted by Gasteiger charge is -2.10. The summed E-state index contributed by atoms with van der Waals surface area (Å²) in [5.41, 5.74) is 7.25. The monoisotopic (exact) mass is 349 g/mol. The summed E-state index contributed by atoms with van der Waals surface area (Å²) in [6.07, 6.45) is 2.15. The predicted molar refractivity (Wildman–Crippen MR) is 94.4 cm³/mol. The molecule has 1 aliphatic heterocycles. The largest absolute Gasteiger partial charge is 0.384 e. The number of carbonyl (C=O) groups excluding carboxylic acids is 1. The number of carbonyl (C=O) groups is 1. The van der Waals surface area contributed by atoms with E-state index >= 15 is 0 Å². The van der Waals surface area contributed by atoms with Gasteiger partial charge in [0, 0.05) is 13.2 Å². The molecule has 122 valence electrons. The maximum absolute atomic E-state index is 12.3. The van der Waals surface area contributed by atoms with Crippen LogP contribution in [0.5, 0.6) is 0 Å². The van der Waals surface area contributed by atoms with Crippen molar-refractivity contribution in [3.8, 4) is 0 Å². The maximum Gasteiger partial charge on any atom is 0.265 e. The van der Waals surface area contributed by atoms with Crippen molar-refractivity contribution in [2.75, 3.05) is 18.9 Å². The average Bonchev–Trinajstić information content (AvgIpc) is 3.17. The number of thiazole rings is 1. The third-order valence-electron chi connectivity index (χ3n) is 3.84. The minimum Gasteiger partial charge on any atom is -0.384 e. The van der Waals surface area contributed by atoms with Crippen LogP contribution in [0.25, 0.3) is 0 Å². The molecule has 0 unspecified atom stereocenters. The van der Waals surface area contributed by atoms with Crippen molar-refractivity contribution in [3.05, 3.63) is 44.7 Å². The Labute approximate surface area is 144 Å². The van der Waals surface area contributed by atoms with Gasteiger partial charge in [0.1, 0.15) is 10.7 Å². The van der Waals surface area contributed by atoms with E-state index in [1.807, 2.05) is 30.3 Å². The number of ether oxygens (including phenoxy) is 1. The van der Waals surface area contributed by atoms with Gasteiger partial charge in [0.05, 0.1) is 12.6 Å². The van der Waals surface area contributed by atoms with E-state index in [4.69, 9.17) is 22.7 Å². The van der Waals surface area contributed by atoms with Gasteiger partial charge in [-0.25, -0.2) is 0 Å². The van der Waals surface area contributed by atoms with Gasteiger partial charge >= 0.3 is 0 Å². The smallest absolute Gasteiger partial charge is 0.265 e. The Balaban J connectivity index is 1.71. The molecule has 3 rings (SSSR count). The van der Waals surface area contributed by atoms with Crippen molar-refractivity contribution in [1.29, 1.82) is 0 Å². The van der Waals surface area contributed by atoms with E-state index in [0.717, 1.165) is 25.0 Å². The Morgan fingerprint density at radius 2 is 2.22 bits per heavy atom. The summed E-state index contributed by atoms with van der Waals surface area (Å²) in [7, 11) is 0. The first-order valence-corrected chi connectivity index (χ1v) is 8.80. The first kappa shape index (κ1) is 16.2. The molecule has 0 saturated carbocycles. The number of nitrogens with one attached hydrogen (secondary N) is 1. The molecular weight excluding hydrogens is 330 g/mol. The molecule has 1 fully saturated rings. The minimum atomic E-state index is -0.180. The third kappa shape index (κ3) is 3.80. The number of amides is 1. The Hall–Kier alpha value is -1.70. The van der Waals surface area contributed by atoms with Gasteiger partial charge in [0.15, 0.2) is 3.95 Å². The standard InChI is InChI=1S/C16H19N3O2S2/c17-14-13(15(20)18-9-12-7-4-8-21-12)23-16(22)19(14)10-11-5-2-1-3-6-11/h1-3,5-6,12H,4,7-10,17H2,(H,18,20)/t12-/m1/s1. The number of hydrogen-bond acceptors (Lipinski definition) is 5. The molecule has 1 aromatic heterocycles. The van der Waals surface area contributed by atoms with E-state index < -0.39 is 0 Å². The first-order chi connectivity index (χ1) is 11.1. The van der Waals surface area contributed by atoms with Crippen LogP contribution in [0.4, 0.5) is 5.82 Å². The van der Waals surface area contributed by atoms with Gasteiger partial charge in [-0.1, -0.05) is 41.7 Å². The molecule has 7 heteroatoms. The molecule has 1 aromatic carbocycles. The zero-order valence-corrected chi connectivity index (χ0v) is 14.3. The van der Waals surface area contributed by atoms with Gasteiger partial charge in [-0.2, -0.15) is 0 Å². The highest BCUT2D eigenvalue weighted by Gasteiger charge is 2.20. The van der Waals surface area contributed by atoms with E-state index in [9.17, 15) is 4.79 Å². The highest BCUT2D eigenvalue weighted by atomic mass is 32.1. The van der Waals surface area contributed by atoms with Gasteiger partial charge in [-0.3, -0.25) is 4.79 Å². The Morgan fingerprint density at radius 3 is 2.91 bits per heavy atom. The third-order valence-corrected chi connectivity index (χ3v) is 5.30. The van der Waals surface area contributed by atoms with Crippen LogP contribution in [0.3, 0.4) is 0 Å². The summed E-state index contributed by atoms with van der Waals surface area (Å²) in [6, 6.07) is 9.92. The number of benzene rings is 1. The molecule has 2 aromatic rings. The van der Waals surface area contributed by atoms with Crippen LogP contribution in [0.1, 0.15) is 28.1 Å². The van der Waals surface area contributed by atoms with Gasteiger partial charge in [0.2, 0.25) is 0 Å². The van der Waals surface area contributed by atoms with E-state index in [1.165, 1.54) is 11.3 Å². The van der Waals surface area contributed by atoms with Crippen molar-refractivity contribution in [3.63, 3.8) is 0 Å². The molecule has 5 nitrogen and oxygen atoms in total. The fourth-order valence-electron chi connectivity index (χ4n) is 2.59. The van der Waals surface area contributed by atoms with Crippen LogP contribution in [0.2, 0.25) is 0 Å². The number of nitrogens with zero attached hydrogens (tertiary/aromatic N) is 1. The second-order valence-electron chi connectivity index (χ2n) is 5.50. The second kappa shape index (κ2) is 7.25. The number of nitrogens with two attached hydrogens (primary N) is 1. The van der Waals surface area contributed by atoms with Crippen LogP contribution in [-0.2, 0) is 11.3 Å². The van der Waals surface area contributed by atoms with E-state index in [-0.39, 0.29) is 12.0 Å². The van der Waals surface area contributed by atoms with E-state index in [0.29, 0.717) is 27.7 Å². The van der Waals surface area contributed by atoms with Crippen LogP contribution >= 0.6 is 23.6 Å². The van der Waals surface area contributed by atoms with Gasteiger partial charge < -0.3 is 20.4 Å². The molecular formula is C16H19N3O2S2. The predicted octanol–water partition coefficient (Wildman–Crippen LogP) is 2.82. The molecule has 0 bridgehead atoms. The zero-order chi connectivity index (χ0) is 16.2. The molecule has 0 radical (unpaired) electrons. The van der Waals surface area contributed by atoms with Gasteiger partial charge in [-0.15, -0.1) is 0 Å². The molecule has 3 N–H and O–H groups in total. The minimum absolute atomic E-state index is 0.111. The fraction of sp³-hybridized carbons (Fsp3) is 0.375. The number of anilines is 1. The Kier molecular flexibility index (Phi) is 5.09. The quantitative estimate of drug-likeness (QED) is 0.815. The van der Waals surface area contributed by atoms with Crippen molar-refractivity contribution in [2.24, 2.45) is 0 Å². The molecule has 0 spiro atoms.